The van der Waals surface area contributed by atoms with Crippen LogP contribution in [0.15, 0.2) is 0 Å². The van der Waals surface area contributed by atoms with Crippen LogP contribution in [0.2, 0.25) is 0 Å². The Kier molecular flexibility index (Phi) is 5.56. The van der Waals surface area contributed by atoms with Crippen LogP contribution in [0, 0.1) is 0 Å². The summed E-state index contributed by atoms with van der Waals surface area (Å²) in [5.74, 6) is 0. The van der Waals surface area contributed by atoms with E-state index in [0.29, 0.717) is 13.0 Å². The van der Waals surface area contributed by atoms with Gasteiger partial charge in [-0.05, 0) is 13.0 Å². The Balaban J connectivity index is 2.50. The van der Waals surface area contributed by atoms with Crippen LogP contribution in [0.3, 0.4) is 0 Å². The van der Waals surface area contributed by atoms with E-state index in [1.54, 1.807) is 0 Å². The van der Waals surface area contributed by atoms with Crippen LogP contribution in [-0.2, 0) is 9.47 Å². The predicted molar refractivity (Wildman–Crippen MR) is 53.4 cm³/mol. The van der Waals surface area contributed by atoms with E-state index < -0.39 is 37.3 Å². The minimum absolute atomic E-state index is 0.277. The minimum Gasteiger partial charge on any atom is -0.394 e. The van der Waals surface area contributed by atoms with Gasteiger partial charge in [0, 0.05) is 0 Å². The molecule has 1 heterocycles. The molecular formula is C9H19NO6. The number of ether oxygens (including phenoxy) is 2. The van der Waals surface area contributed by atoms with Crippen LogP contribution >= 0.6 is 0 Å². The number of rotatable bonds is 5. The molecule has 7 nitrogen and oxygen atoms in total. The van der Waals surface area contributed by atoms with Crippen molar-refractivity contribution in [3.05, 3.63) is 0 Å². The fourth-order valence-electron chi connectivity index (χ4n) is 1.49. The molecule has 0 bridgehead atoms. The van der Waals surface area contributed by atoms with Crippen LogP contribution in [0.25, 0.3) is 0 Å². The van der Waals surface area contributed by atoms with Gasteiger partial charge in [-0.3, -0.25) is 0 Å². The molecule has 5 atom stereocenters. The van der Waals surface area contributed by atoms with E-state index in [2.05, 4.69) is 0 Å². The van der Waals surface area contributed by atoms with Crippen molar-refractivity contribution in [3.8, 4) is 0 Å². The summed E-state index contributed by atoms with van der Waals surface area (Å²) in [4.78, 5) is 0. The van der Waals surface area contributed by atoms with Crippen LogP contribution in [0.4, 0.5) is 0 Å². The number of aliphatic hydroxyl groups is 4. The van der Waals surface area contributed by atoms with Gasteiger partial charge in [0.05, 0.1) is 13.2 Å². The van der Waals surface area contributed by atoms with Crippen LogP contribution in [-0.4, -0.2) is 70.9 Å². The Labute approximate surface area is 93.4 Å². The molecule has 0 amide bonds. The summed E-state index contributed by atoms with van der Waals surface area (Å²) in [6.07, 6.45) is -5.48. The standard InChI is InChI=1S/C9H19NO6/c10-2-1-3-15-9-8(14)7(13)6(12)5(4-11)16-9/h5-9,11-14H,1-4,10H2/t5?,6-,7+,8?,9+/m1/s1. The highest BCUT2D eigenvalue weighted by atomic mass is 16.7. The Morgan fingerprint density at radius 2 is 1.81 bits per heavy atom. The molecular weight excluding hydrogens is 218 g/mol. The second-order valence-electron chi connectivity index (χ2n) is 3.71. The summed E-state index contributed by atoms with van der Waals surface area (Å²) in [5, 5.41) is 37.4. The van der Waals surface area contributed by atoms with Crippen molar-refractivity contribution < 1.29 is 29.9 Å². The fourth-order valence-corrected chi connectivity index (χ4v) is 1.49. The molecule has 1 aliphatic rings. The van der Waals surface area contributed by atoms with Gasteiger partial charge in [0.15, 0.2) is 6.29 Å². The highest BCUT2D eigenvalue weighted by Crippen LogP contribution is 2.21. The highest BCUT2D eigenvalue weighted by molar-refractivity contribution is 4.88. The lowest BCUT2D eigenvalue weighted by Gasteiger charge is -2.39. The van der Waals surface area contributed by atoms with Crippen LogP contribution in [0.5, 0.6) is 0 Å². The molecule has 1 fully saturated rings. The average Bonchev–Trinajstić information content (AvgIpc) is 2.29. The van der Waals surface area contributed by atoms with Crippen LogP contribution < -0.4 is 5.73 Å². The van der Waals surface area contributed by atoms with Gasteiger partial charge in [-0.25, -0.2) is 0 Å². The lowest BCUT2D eigenvalue weighted by molar-refractivity contribution is -0.301. The van der Waals surface area contributed by atoms with E-state index in [1.807, 2.05) is 0 Å². The molecule has 0 aromatic heterocycles. The third-order valence-electron chi connectivity index (χ3n) is 2.48. The van der Waals surface area contributed by atoms with E-state index in [0.717, 1.165) is 0 Å². The Morgan fingerprint density at radius 1 is 1.12 bits per heavy atom. The SMILES string of the molecule is NCCCO[C@H]1OC(CO)[C@@H](O)[C@H](O)C1O. The topological polar surface area (TPSA) is 125 Å². The smallest absolute Gasteiger partial charge is 0.186 e. The molecule has 0 aromatic rings. The molecule has 96 valence electrons. The zero-order valence-corrected chi connectivity index (χ0v) is 8.90. The number of nitrogens with two attached hydrogens (primary N) is 1. The molecule has 0 saturated carbocycles. The van der Waals surface area contributed by atoms with E-state index in [-0.39, 0.29) is 6.61 Å². The average molecular weight is 237 g/mol. The molecule has 2 unspecified atom stereocenters. The van der Waals surface area contributed by atoms with Crippen molar-refractivity contribution in [3.63, 3.8) is 0 Å². The van der Waals surface area contributed by atoms with Crippen molar-refractivity contribution in [2.24, 2.45) is 5.73 Å². The summed E-state index contributed by atoms with van der Waals surface area (Å²) in [7, 11) is 0. The van der Waals surface area contributed by atoms with Crippen molar-refractivity contribution in [2.45, 2.75) is 37.1 Å². The van der Waals surface area contributed by atoms with Crippen LogP contribution in [0.1, 0.15) is 6.42 Å². The third-order valence-corrected chi connectivity index (χ3v) is 2.48. The maximum atomic E-state index is 9.55. The molecule has 0 aliphatic carbocycles. The Bertz CT molecular complexity index is 202. The normalized spacial score (nSPS) is 39.9. The number of hydrogen-bond donors (Lipinski definition) is 5. The zero-order valence-electron chi connectivity index (χ0n) is 8.90. The van der Waals surface area contributed by atoms with Crippen molar-refractivity contribution >= 4 is 0 Å². The molecule has 0 spiro atoms. The maximum absolute atomic E-state index is 9.55. The van der Waals surface area contributed by atoms with E-state index >= 15 is 0 Å². The zero-order chi connectivity index (χ0) is 12.1. The van der Waals surface area contributed by atoms with Gasteiger partial charge in [0.1, 0.15) is 24.4 Å². The van der Waals surface area contributed by atoms with Crippen molar-refractivity contribution in [2.75, 3.05) is 19.8 Å². The van der Waals surface area contributed by atoms with Gasteiger partial charge >= 0.3 is 0 Å². The van der Waals surface area contributed by atoms with Crippen molar-refractivity contribution in [1.82, 2.24) is 0 Å². The number of aliphatic hydroxyl groups excluding tert-OH is 4. The van der Waals surface area contributed by atoms with Gasteiger partial charge in [0.2, 0.25) is 0 Å². The molecule has 0 radical (unpaired) electrons. The van der Waals surface area contributed by atoms with E-state index in [4.69, 9.17) is 20.3 Å². The monoisotopic (exact) mass is 237 g/mol. The summed E-state index contributed by atoms with van der Waals surface area (Å²) < 4.78 is 10.3. The summed E-state index contributed by atoms with van der Waals surface area (Å²) >= 11 is 0. The summed E-state index contributed by atoms with van der Waals surface area (Å²) in [5.41, 5.74) is 5.27. The van der Waals surface area contributed by atoms with Gasteiger partial charge in [0.25, 0.3) is 0 Å². The minimum atomic E-state index is -1.39. The molecule has 16 heavy (non-hydrogen) atoms. The molecule has 0 aromatic carbocycles. The van der Waals surface area contributed by atoms with E-state index in [1.165, 1.54) is 0 Å². The number of hydrogen-bond acceptors (Lipinski definition) is 7. The molecule has 1 aliphatic heterocycles. The first-order chi connectivity index (χ1) is 7.61. The third kappa shape index (κ3) is 3.11. The first kappa shape index (κ1) is 13.8. The molecule has 1 rings (SSSR count). The Hall–Kier alpha value is -0.280. The van der Waals surface area contributed by atoms with E-state index in [9.17, 15) is 15.3 Å². The first-order valence-electron chi connectivity index (χ1n) is 5.24. The summed E-state index contributed by atoms with van der Waals surface area (Å²) in [6.45, 7) is 0.262. The summed E-state index contributed by atoms with van der Waals surface area (Å²) in [6, 6.07) is 0. The lowest BCUT2D eigenvalue weighted by atomic mass is 9.99. The quantitative estimate of drug-likeness (QED) is 0.326. The predicted octanol–water partition coefficient (Wildman–Crippen LogP) is -2.85. The van der Waals surface area contributed by atoms with Gasteiger partial charge in [-0.1, -0.05) is 0 Å². The van der Waals surface area contributed by atoms with Gasteiger partial charge in [-0.15, -0.1) is 0 Å². The molecule has 1 saturated heterocycles. The van der Waals surface area contributed by atoms with Crippen molar-refractivity contribution in [1.29, 1.82) is 0 Å². The Morgan fingerprint density at radius 3 is 2.38 bits per heavy atom. The van der Waals surface area contributed by atoms with Gasteiger partial charge in [-0.2, -0.15) is 0 Å². The second kappa shape index (κ2) is 6.45. The molecule has 6 N–H and O–H groups in total. The molecule has 7 heteroatoms. The van der Waals surface area contributed by atoms with Gasteiger partial charge < -0.3 is 35.6 Å². The fraction of sp³-hybridized carbons (Fsp3) is 1.00. The highest BCUT2D eigenvalue weighted by Gasteiger charge is 2.43. The lowest BCUT2D eigenvalue weighted by Crippen LogP contribution is -2.59. The largest absolute Gasteiger partial charge is 0.394 e. The first-order valence-corrected chi connectivity index (χ1v) is 5.24. The second-order valence-corrected chi connectivity index (χ2v) is 3.71. The maximum Gasteiger partial charge on any atom is 0.186 e.